The molecule has 1 unspecified atom stereocenters. The second kappa shape index (κ2) is 5.05. The molecule has 1 aromatic carbocycles. The number of fused-ring (bicyclic) bond motifs is 1. The molecule has 1 atom stereocenters. The van der Waals surface area contributed by atoms with E-state index in [0.717, 1.165) is 0 Å². The third-order valence-corrected chi connectivity index (χ3v) is 2.69. The number of carbonyl (C=O) groups excluding carboxylic acids is 1. The van der Waals surface area contributed by atoms with Crippen LogP contribution in [0, 0.1) is 5.92 Å². The molecule has 0 aliphatic carbocycles. The molecule has 1 aliphatic heterocycles. The van der Waals surface area contributed by atoms with E-state index in [1.54, 1.807) is 18.2 Å². The van der Waals surface area contributed by atoms with Gasteiger partial charge in [0.25, 0.3) is 0 Å². The van der Waals surface area contributed by atoms with E-state index in [1.807, 2.05) is 6.92 Å². The highest BCUT2D eigenvalue weighted by Gasteiger charge is 2.16. The van der Waals surface area contributed by atoms with Gasteiger partial charge in [-0.2, -0.15) is 0 Å². The molecular weight excluding hydrogens is 220 g/mol. The fourth-order valence-electron chi connectivity index (χ4n) is 1.62. The van der Waals surface area contributed by atoms with Crippen molar-refractivity contribution < 1.29 is 14.3 Å². The predicted octanol–water partition coefficient (Wildman–Crippen LogP) is 1.34. The lowest BCUT2D eigenvalue weighted by atomic mass is 10.1. The zero-order valence-electron chi connectivity index (χ0n) is 9.73. The molecule has 0 saturated heterocycles. The highest BCUT2D eigenvalue weighted by Crippen LogP contribution is 2.34. The van der Waals surface area contributed by atoms with Crippen LogP contribution in [-0.4, -0.2) is 19.2 Å². The van der Waals surface area contributed by atoms with Crippen LogP contribution in [0.1, 0.15) is 13.3 Å². The lowest BCUT2D eigenvalue weighted by molar-refractivity contribution is -0.119. The van der Waals surface area contributed by atoms with Crippen molar-refractivity contribution in [3.8, 4) is 11.5 Å². The van der Waals surface area contributed by atoms with Crippen molar-refractivity contribution in [1.29, 1.82) is 0 Å². The van der Waals surface area contributed by atoms with Crippen molar-refractivity contribution in [3.63, 3.8) is 0 Å². The van der Waals surface area contributed by atoms with Crippen molar-refractivity contribution >= 4 is 11.6 Å². The maximum atomic E-state index is 11.8. The number of anilines is 1. The minimum absolute atomic E-state index is 0.0330. The highest BCUT2D eigenvalue weighted by molar-refractivity contribution is 5.92. The summed E-state index contributed by atoms with van der Waals surface area (Å²) in [5.41, 5.74) is 6.13. The SMILES string of the molecule is CC(CCN)C(=O)Nc1ccc2c(c1)OCO2. The zero-order valence-corrected chi connectivity index (χ0v) is 9.73. The van der Waals surface area contributed by atoms with Crippen LogP contribution in [0.3, 0.4) is 0 Å². The van der Waals surface area contributed by atoms with Crippen LogP contribution in [0.5, 0.6) is 11.5 Å². The minimum Gasteiger partial charge on any atom is -0.454 e. The van der Waals surface area contributed by atoms with Gasteiger partial charge in [-0.15, -0.1) is 0 Å². The van der Waals surface area contributed by atoms with Gasteiger partial charge in [-0.1, -0.05) is 6.92 Å². The van der Waals surface area contributed by atoms with Crippen molar-refractivity contribution in [3.05, 3.63) is 18.2 Å². The number of hydrogen-bond donors (Lipinski definition) is 2. The summed E-state index contributed by atoms with van der Waals surface area (Å²) < 4.78 is 10.4. The van der Waals surface area contributed by atoms with E-state index in [0.29, 0.717) is 30.2 Å². The Hall–Kier alpha value is -1.75. The fourth-order valence-corrected chi connectivity index (χ4v) is 1.62. The largest absolute Gasteiger partial charge is 0.454 e. The summed E-state index contributed by atoms with van der Waals surface area (Å²) in [6, 6.07) is 5.33. The summed E-state index contributed by atoms with van der Waals surface area (Å²) in [6.07, 6.45) is 0.677. The Morgan fingerprint density at radius 2 is 2.24 bits per heavy atom. The molecule has 2 rings (SSSR count). The maximum Gasteiger partial charge on any atom is 0.231 e. The van der Waals surface area contributed by atoms with Gasteiger partial charge in [0.15, 0.2) is 11.5 Å². The number of carbonyl (C=O) groups is 1. The topological polar surface area (TPSA) is 73.6 Å². The Balaban J connectivity index is 2.01. The Bertz CT molecular complexity index is 420. The molecule has 5 nitrogen and oxygen atoms in total. The minimum atomic E-state index is -0.0922. The number of amides is 1. The zero-order chi connectivity index (χ0) is 12.3. The van der Waals surface area contributed by atoms with Gasteiger partial charge in [-0.05, 0) is 25.1 Å². The van der Waals surface area contributed by atoms with Crippen molar-refractivity contribution in [2.75, 3.05) is 18.7 Å². The molecular formula is C12H16N2O3. The summed E-state index contributed by atoms with van der Waals surface area (Å²) in [6.45, 7) is 2.60. The Labute approximate surface area is 99.9 Å². The van der Waals surface area contributed by atoms with Crippen LogP contribution >= 0.6 is 0 Å². The van der Waals surface area contributed by atoms with E-state index < -0.39 is 0 Å². The van der Waals surface area contributed by atoms with Crippen LogP contribution in [0.2, 0.25) is 0 Å². The molecule has 1 amide bonds. The summed E-state index contributed by atoms with van der Waals surface area (Å²) in [4.78, 5) is 11.8. The predicted molar refractivity (Wildman–Crippen MR) is 64.0 cm³/mol. The summed E-state index contributed by atoms with van der Waals surface area (Å²) in [5.74, 6) is 1.24. The Kier molecular flexibility index (Phi) is 3.49. The Morgan fingerprint density at radius 3 is 3.00 bits per heavy atom. The van der Waals surface area contributed by atoms with E-state index in [4.69, 9.17) is 15.2 Å². The summed E-state index contributed by atoms with van der Waals surface area (Å²) >= 11 is 0. The third-order valence-electron chi connectivity index (χ3n) is 2.69. The molecule has 17 heavy (non-hydrogen) atoms. The molecule has 0 aromatic heterocycles. The van der Waals surface area contributed by atoms with E-state index in [2.05, 4.69) is 5.32 Å². The first-order valence-electron chi connectivity index (χ1n) is 5.61. The van der Waals surface area contributed by atoms with Crippen LogP contribution in [0.25, 0.3) is 0 Å². The van der Waals surface area contributed by atoms with Gasteiger partial charge in [0.2, 0.25) is 12.7 Å². The van der Waals surface area contributed by atoms with Crippen molar-refractivity contribution in [1.82, 2.24) is 0 Å². The molecule has 0 saturated carbocycles. The maximum absolute atomic E-state index is 11.8. The monoisotopic (exact) mass is 236 g/mol. The first-order valence-corrected chi connectivity index (χ1v) is 5.61. The fraction of sp³-hybridized carbons (Fsp3) is 0.417. The molecule has 3 N–H and O–H groups in total. The van der Waals surface area contributed by atoms with Gasteiger partial charge in [-0.3, -0.25) is 4.79 Å². The molecule has 92 valence electrons. The molecule has 0 radical (unpaired) electrons. The van der Waals surface area contributed by atoms with Gasteiger partial charge in [0, 0.05) is 17.7 Å². The number of rotatable bonds is 4. The number of ether oxygens (including phenoxy) is 2. The van der Waals surface area contributed by atoms with Crippen LogP contribution in [0.4, 0.5) is 5.69 Å². The summed E-state index contributed by atoms with van der Waals surface area (Å²) in [7, 11) is 0. The molecule has 0 spiro atoms. The normalized spacial score (nSPS) is 14.5. The quantitative estimate of drug-likeness (QED) is 0.827. The lowest BCUT2D eigenvalue weighted by Gasteiger charge is -2.11. The average Bonchev–Trinajstić information content (AvgIpc) is 2.76. The van der Waals surface area contributed by atoms with E-state index in [1.165, 1.54) is 0 Å². The van der Waals surface area contributed by atoms with E-state index in [9.17, 15) is 4.79 Å². The standard InChI is InChI=1S/C12H16N2O3/c1-8(4-5-13)12(15)14-9-2-3-10-11(6-9)17-7-16-10/h2-3,6,8H,4-5,7,13H2,1H3,(H,14,15). The van der Waals surface area contributed by atoms with E-state index in [-0.39, 0.29) is 18.6 Å². The summed E-state index contributed by atoms with van der Waals surface area (Å²) in [5, 5.41) is 2.83. The van der Waals surface area contributed by atoms with Crippen molar-refractivity contribution in [2.45, 2.75) is 13.3 Å². The first-order chi connectivity index (χ1) is 8.20. The lowest BCUT2D eigenvalue weighted by Crippen LogP contribution is -2.22. The van der Waals surface area contributed by atoms with Gasteiger partial charge in [0.1, 0.15) is 0 Å². The molecule has 1 aromatic rings. The van der Waals surface area contributed by atoms with Gasteiger partial charge >= 0.3 is 0 Å². The molecule has 1 aliphatic rings. The van der Waals surface area contributed by atoms with Crippen LogP contribution in [0.15, 0.2) is 18.2 Å². The molecule has 5 heteroatoms. The second-order valence-corrected chi connectivity index (χ2v) is 4.04. The van der Waals surface area contributed by atoms with E-state index >= 15 is 0 Å². The van der Waals surface area contributed by atoms with Gasteiger partial charge in [-0.25, -0.2) is 0 Å². The highest BCUT2D eigenvalue weighted by atomic mass is 16.7. The van der Waals surface area contributed by atoms with Crippen LogP contribution < -0.4 is 20.5 Å². The number of benzene rings is 1. The van der Waals surface area contributed by atoms with Gasteiger partial charge < -0.3 is 20.5 Å². The van der Waals surface area contributed by atoms with Crippen molar-refractivity contribution in [2.24, 2.45) is 11.7 Å². The molecule has 1 heterocycles. The molecule has 0 fully saturated rings. The Morgan fingerprint density at radius 1 is 1.47 bits per heavy atom. The molecule has 0 bridgehead atoms. The van der Waals surface area contributed by atoms with Gasteiger partial charge in [0.05, 0.1) is 0 Å². The smallest absolute Gasteiger partial charge is 0.231 e. The third kappa shape index (κ3) is 2.68. The van der Waals surface area contributed by atoms with Crippen LogP contribution in [-0.2, 0) is 4.79 Å². The average molecular weight is 236 g/mol. The number of hydrogen-bond acceptors (Lipinski definition) is 4. The second-order valence-electron chi connectivity index (χ2n) is 4.04. The first kappa shape index (κ1) is 11.7. The number of nitrogens with two attached hydrogens (primary N) is 1. The number of nitrogens with one attached hydrogen (secondary N) is 1.